The fourth-order valence-electron chi connectivity index (χ4n) is 2.67. The first kappa shape index (κ1) is 18.0. The topological polar surface area (TPSA) is 39.7 Å². The van der Waals surface area contributed by atoms with Gasteiger partial charge in [-0.3, -0.25) is 9.89 Å². The fraction of sp³-hybridized carbons (Fsp3) is 0.933. The lowest BCUT2D eigenvalue weighted by atomic mass is 10.0. The molecule has 0 bridgehead atoms. The van der Waals surface area contributed by atoms with E-state index in [1.165, 1.54) is 38.6 Å². The Morgan fingerprint density at radius 1 is 1.20 bits per heavy atom. The number of likely N-dealkylation sites (tertiary alicyclic amines) is 1. The van der Waals surface area contributed by atoms with Crippen molar-refractivity contribution in [1.82, 2.24) is 15.5 Å². The highest BCUT2D eigenvalue weighted by Gasteiger charge is 2.21. The lowest BCUT2D eigenvalue weighted by Crippen LogP contribution is -2.45. The Labute approximate surface area is 141 Å². The molecule has 0 aromatic rings. The SMILES string of the molecule is CCNC(=NCC1CC1)NCCN1CCCCC1C.I. The summed E-state index contributed by atoms with van der Waals surface area (Å²) in [6, 6.07) is 0.751. The summed E-state index contributed by atoms with van der Waals surface area (Å²) in [6.45, 7) is 9.81. The van der Waals surface area contributed by atoms with E-state index in [1.54, 1.807) is 0 Å². The molecule has 0 spiro atoms. The zero-order valence-corrected chi connectivity index (χ0v) is 15.4. The number of hydrogen-bond donors (Lipinski definition) is 2. The molecule has 0 aromatic carbocycles. The number of nitrogens with one attached hydrogen (secondary N) is 2. The molecule has 2 rings (SSSR count). The van der Waals surface area contributed by atoms with Crippen LogP contribution in [0.15, 0.2) is 4.99 Å². The molecule has 0 radical (unpaired) electrons. The number of aliphatic imine (C=N–C) groups is 1. The first-order valence-corrected chi connectivity index (χ1v) is 8.06. The van der Waals surface area contributed by atoms with Crippen LogP contribution in [-0.4, -0.2) is 49.6 Å². The summed E-state index contributed by atoms with van der Waals surface area (Å²) in [4.78, 5) is 7.25. The Morgan fingerprint density at radius 2 is 2.00 bits per heavy atom. The van der Waals surface area contributed by atoms with Crippen LogP contribution < -0.4 is 10.6 Å². The monoisotopic (exact) mass is 394 g/mol. The van der Waals surface area contributed by atoms with Crippen molar-refractivity contribution in [3.63, 3.8) is 0 Å². The van der Waals surface area contributed by atoms with E-state index < -0.39 is 0 Å². The maximum absolute atomic E-state index is 4.65. The van der Waals surface area contributed by atoms with E-state index in [2.05, 4.69) is 34.4 Å². The van der Waals surface area contributed by atoms with Gasteiger partial charge in [0.1, 0.15) is 0 Å². The van der Waals surface area contributed by atoms with Crippen molar-refractivity contribution >= 4 is 29.9 Å². The summed E-state index contributed by atoms with van der Waals surface area (Å²) < 4.78 is 0. The fourth-order valence-corrected chi connectivity index (χ4v) is 2.67. The number of piperidine rings is 1. The summed E-state index contributed by atoms with van der Waals surface area (Å²) in [5.74, 6) is 1.86. The van der Waals surface area contributed by atoms with Gasteiger partial charge in [-0.2, -0.15) is 0 Å². The number of rotatable bonds is 6. The highest BCUT2D eigenvalue weighted by Crippen LogP contribution is 2.28. The van der Waals surface area contributed by atoms with Crippen LogP contribution in [0.3, 0.4) is 0 Å². The minimum atomic E-state index is 0. The molecule has 1 unspecified atom stereocenters. The van der Waals surface area contributed by atoms with E-state index >= 15 is 0 Å². The molecule has 1 saturated heterocycles. The predicted octanol–water partition coefficient (Wildman–Crippen LogP) is 2.44. The largest absolute Gasteiger partial charge is 0.357 e. The van der Waals surface area contributed by atoms with Gasteiger partial charge in [-0.15, -0.1) is 24.0 Å². The van der Waals surface area contributed by atoms with E-state index in [-0.39, 0.29) is 24.0 Å². The molecular formula is C15H31IN4. The zero-order valence-electron chi connectivity index (χ0n) is 13.0. The van der Waals surface area contributed by atoms with Crippen LogP contribution in [0.5, 0.6) is 0 Å². The van der Waals surface area contributed by atoms with Crippen molar-refractivity contribution < 1.29 is 0 Å². The van der Waals surface area contributed by atoms with Gasteiger partial charge >= 0.3 is 0 Å². The molecule has 20 heavy (non-hydrogen) atoms. The van der Waals surface area contributed by atoms with Gasteiger partial charge in [0.2, 0.25) is 0 Å². The first-order valence-electron chi connectivity index (χ1n) is 8.06. The van der Waals surface area contributed by atoms with Gasteiger partial charge in [0.15, 0.2) is 5.96 Å². The second kappa shape index (κ2) is 9.82. The van der Waals surface area contributed by atoms with Crippen LogP contribution in [-0.2, 0) is 0 Å². The van der Waals surface area contributed by atoms with Crippen molar-refractivity contribution in [2.75, 3.05) is 32.7 Å². The van der Waals surface area contributed by atoms with Gasteiger partial charge in [0.05, 0.1) is 0 Å². The average Bonchev–Trinajstić information content (AvgIpc) is 3.22. The summed E-state index contributed by atoms with van der Waals surface area (Å²) in [7, 11) is 0. The third kappa shape index (κ3) is 6.61. The molecule has 5 heteroatoms. The van der Waals surface area contributed by atoms with Crippen molar-refractivity contribution in [2.24, 2.45) is 10.9 Å². The molecule has 1 atom stereocenters. The van der Waals surface area contributed by atoms with Gasteiger partial charge in [-0.25, -0.2) is 0 Å². The van der Waals surface area contributed by atoms with E-state index in [0.717, 1.165) is 44.1 Å². The third-order valence-electron chi connectivity index (χ3n) is 4.18. The van der Waals surface area contributed by atoms with Crippen molar-refractivity contribution in [2.45, 2.75) is 52.0 Å². The van der Waals surface area contributed by atoms with Crippen molar-refractivity contribution in [1.29, 1.82) is 0 Å². The van der Waals surface area contributed by atoms with Crippen LogP contribution >= 0.6 is 24.0 Å². The minimum absolute atomic E-state index is 0. The lowest BCUT2D eigenvalue weighted by Gasteiger charge is -2.33. The number of hydrogen-bond acceptors (Lipinski definition) is 2. The summed E-state index contributed by atoms with van der Waals surface area (Å²) in [6.07, 6.45) is 6.86. The summed E-state index contributed by atoms with van der Waals surface area (Å²) in [5.41, 5.74) is 0. The first-order chi connectivity index (χ1) is 9.29. The van der Waals surface area contributed by atoms with Gasteiger partial charge in [0.25, 0.3) is 0 Å². The smallest absolute Gasteiger partial charge is 0.191 e. The molecule has 1 aliphatic heterocycles. The quantitative estimate of drug-likeness (QED) is 0.413. The highest BCUT2D eigenvalue weighted by molar-refractivity contribution is 14.0. The molecule has 1 heterocycles. The average molecular weight is 394 g/mol. The molecule has 4 nitrogen and oxygen atoms in total. The predicted molar refractivity (Wildman–Crippen MR) is 97.0 cm³/mol. The van der Waals surface area contributed by atoms with Gasteiger partial charge in [-0.1, -0.05) is 6.42 Å². The third-order valence-corrected chi connectivity index (χ3v) is 4.18. The Bertz CT molecular complexity index is 292. The number of halogens is 1. The van der Waals surface area contributed by atoms with Crippen molar-refractivity contribution in [3.05, 3.63) is 0 Å². The number of guanidine groups is 1. The van der Waals surface area contributed by atoms with Gasteiger partial charge in [-0.05, 0) is 52.0 Å². The van der Waals surface area contributed by atoms with Gasteiger partial charge < -0.3 is 10.6 Å². The zero-order chi connectivity index (χ0) is 13.5. The lowest BCUT2D eigenvalue weighted by molar-refractivity contribution is 0.163. The molecule has 2 fully saturated rings. The molecule has 1 aliphatic carbocycles. The van der Waals surface area contributed by atoms with E-state index in [9.17, 15) is 0 Å². The Morgan fingerprint density at radius 3 is 2.65 bits per heavy atom. The molecule has 0 amide bonds. The van der Waals surface area contributed by atoms with E-state index in [1.807, 2.05) is 0 Å². The van der Waals surface area contributed by atoms with Gasteiger partial charge in [0, 0.05) is 32.2 Å². The minimum Gasteiger partial charge on any atom is -0.357 e. The highest BCUT2D eigenvalue weighted by atomic mass is 127. The second-order valence-electron chi connectivity index (χ2n) is 5.97. The maximum atomic E-state index is 4.65. The Balaban J connectivity index is 0.00000200. The molecule has 1 saturated carbocycles. The standard InChI is InChI=1S/C15H30N4.HI/c1-3-16-15(18-12-14-7-8-14)17-9-11-19-10-5-4-6-13(19)2;/h13-14H,3-12H2,1-2H3,(H2,16,17,18);1H. The Kier molecular flexibility index (Phi) is 8.84. The molecule has 118 valence electrons. The molecular weight excluding hydrogens is 363 g/mol. The van der Waals surface area contributed by atoms with Crippen LogP contribution in [0.4, 0.5) is 0 Å². The maximum Gasteiger partial charge on any atom is 0.191 e. The summed E-state index contributed by atoms with van der Waals surface area (Å²) in [5, 5.41) is 6.80. The summed E-state index contributed by atoms with van der Waals surface area (Å²) >= 11 is 0. The van der Waals surface area contributed by atoms with Crippen LogP contribution in [0.1, 0.15) is 46.0 Å². The van der Waals surface area contributed by atoms with E-state index in [0.29, 0.717) is 0 Å². The normalized spacial score (nSPS) is 24.1. The van der Waals surface area contributed by atoms with Crippen LogP contribution in [0.2, 0.25) is 0 Å². The van der Waals surface area contributed by atoms with Crippen LogP contribution in [0.25, 0.3) is 0 Å². The molecule has 2 N–H and O–H groups in total. The molecule has 2 aliphatic rings. The van der Waals surface area contributed by atoms with E-state index in [4.69, 9.17) is 0 Å². The van der Waals surface area contributed by atoms with Crippen LogP contribution in [0, 0.1) is 5.92 Å². The molecule has 0 aromatic heterocycles. The Hall–Kier alpha value is -0.0400. The second-order valence-corrected chi connectivity index (χ2v) is 5.97. The number of nitrogens with zero attached hydrogens (tertiary/aromatic N) is 2. The van der Waals surface area contributed by atoms with Crippen molar-refractivity contribution in [3.8, 4) is 0 Å².